The van der Waals surface area contributed by atoms with Gasteiger partial charge in [0.1, 0.15) is 11.3 Å². The van der Waals surface area contributed by atoms with Crippen LogP contribution in [0, 0.1) is 0 Å². The van der Waals surface area contributed by atoms with E-state index in [1.54, 1.807) is 24.3 Å². The number of ether oxygens (including phenoxy) is 2. The fourth-order valence-electron chi connectivity index (χ4n) is 4.36. The quantitative estimate of drug-likeness (QED) is 0.508. The zero-order valence-corrected chi connectivity index (χ0v) is 15.9. The number of carbonyl (C=O) groups excluding carboxylic acids is 3. The Morgan fingerprint density at radius 3 is 2.03 bits per heavy atom. The molecule has 0 spiro atoms. The van der Waals surface area contributed by atoms with Crippen LogP contribution in [-0.4, -0.2) is 32.0 Å². The standard InChI is InChI=1S/C23H17NO5/c1-28-18-10-7-14(11-17(18)23(27)29-2)24-21(25)15-8-5-12-3-4-13-6-9-16(22(24)26)20(15)19(12)13/h5-11H,3-4H2,1-2H3. The Bertz CT molecular complexity index is 1180. The molecule has 0 radical (unpaired) electrons. The van der Waals surface area contributed by atoms with Gasteiger partial charge in [0.05, 0.1) is 19.9 Å². The average molecular weight is 387 g/mol. The number of aryl methyl sites for hydroxylation is 2. The lowest BCUT2D eigenvalue weighted by atomic mass is 9.91. The van der Waals surface area contributed by atoms with Gasteiger partial charge < -0.3 is 9.47 Å². The van der Waals surface area contributed by atoms with Gasteiger partial charge in [-0.15, -0.1) is 0 Å². The van der Waals surface area contributed by atoms with Crippen molar-refractivity contribution >= 4 is 34.2 Å². The first-order valence-corrected chi connectivity index (χ1v) is 9.27. The summed E-state index contributed by atoms with van der Waals surface area (Å²) < 4.78 is 10.0. The Hall–Kier alpha value is -3.67. The predicted octanol–water partition coefficient (Wildman–Crippen LogP) is 3.53. The molecule has 0 bridgehead atoms. The van der Waals surface area contributed by atoms with Crippen LogP contribution >= 0.6 is 0 Å². The zero-order valence-electron chi connectivity index (χ0n) is 15.9. The summed E-state index contributed by atoms with van der Waals surface area (Å²) in [5, 5.41) is 1.77. The van der Waals surface area contributed by atoms with Crippen molar-refractivity contribution in [2.75, 3.05) is 19.1 Å². The van der Waals surface area contributed by atoms with Crippen LogP contribution < -0.4 is 9.64 Å². The van der Waals surface area contributed by atoms with Crippen LogP contribution in [-0.2, 0) is 17.6 Å². The Labute approximate surface area is 166 Å². The van der Waals surface area contributed by atoms with Gasteiger partial charge in [0.2, 0.25) is 0 Å². The van der Waals surface area contributed by atoms with Crippen molar-refractivity contribution < 1.29 is 23.9 Å². The highest BCUT2D eigenvalue weighted by Crippen LogP contribution is 2.40. The Kier molecular flexibility index (Phi) is 3.71. The number of benzene rings is 3. The van der Waals surface area contributed by atoms with E-state index in [2.05, 4.69) is 0 Å². The molecule has 2 amide bonds. The summed E-state index contributed by atoms with van der Waals surface area (Å²) in [6.07, 6.45) is 1.84. The SMILES string of the molecule is COC(=O)c1cc(N2C(=O)c3ccc4c5c(ccc(c35)C2=O)CC4)ccc1OC. The highest BCUT2D eigenvalue weighted by atomic mass is 16.5. The van der Waals surface area contributed by atoms with Gasteiger partial charge in [-0.05, 0) is 59.7 Å². The molecule has 0 aromatic heterocycles. The number of carbonyl (C=O) groups is 3. The molecule has 6 heteroatoms. The first-order valence-electron chi connectivity index (χ1n) is 9.27. The Morgan fingerprint density at radius 1 is 0.862 bits per heavy atom. The Balaban J connectivity index is 1.70. The highest BCUT2D eigenvalue weighted by Gasteiger charge is 2.36. The van der Waals surface area contributed by atoms with Crippen molar-refractivity contribution in [3.8, 4) is 5.75 Å². The molecule has 144 valence electrons. The number of methoxy groups -OCH3 is 2. The van der Waals surface area contributed by atoms with Crippen LogP contribution in [0.3, 0.4) is 0 Å². The topological polar surface area (TPSA) is 72.9 Å². The minimum absolute atomic E-state index is 0.146. The maximum absolute atomic E-state index is 13.3. The van der Waals surface area contributed by atoms with Crippen molar-refractivity contribution in [3.05, 3.63) is 70.3 Å². The second kappa shape index (κ2) is 6.17. The van der Waals surface area contributed by atoms with E-state index < -0.39 is 17.8 Å². The maximum Gasteiger partial charge on any atom is 0.341 e. The molecule has 0 unspecified atom stereocenters. The molecule has 2 aliphatic rings. The second-order valence-corrected chi connectivity index (χ2v) is 7.12. The van der Waals surface area contributed by atoms with Gasteiger partial charge in [-0.2, -0.15) is 0 Å². The molecular weight excluding hydrogens is 370 g/mol. The smallest absolute Gasteiger partial charge is 0.341 e. The third-order valence-corrected chi connectivity index (χ3v) is 5.71. The van der Waals surface area contributed by atoms with E-state index in [0.717, 1.165) is 28.5 Å². The first-order chi connectivity index (χ1) is 14.0. The molecule has 6 nitrogen and oxygen atoms in total. The van der Waals surface area contributed by atoms with Crippen LogP contribution in [0.4, 0.5) is 5.69 Å². The van der Waals surface area contributed by atoms with E-state index in [4.69, 9.17) is 9.47 Å². The summed E-state index contributed by atoms with van der Waals surface area (Å²) in [5.41, 5.74) is 3.78. The molecule has 0 atom stereocenters. The predicted molar refractivity (Wildman–Crippen MR) is 107 cm³/mol. The number of imide groups is 1. The fourth-order valence-corrected chi connectivity index (χ4v) is 4.36. The van der Waals surface area contributed by atoms with E-state index >= 15 is 0 Å². The summed E-state index contributed by atoms with van der Waals surface area (Å²) in [6, 6.07) is 12.1. The van der Waals surface area contributed by atoms with Crippen LogP contribution in [0.1, 0.15) is 42.2 Å². The number of hydrogen-bond donors (Lipinski definition) is 0. The molecule has 1 aliphatic carbocycles. The van der Waals surface area contributed by atoms with Crippen molar-refractivity contribution in [3.63, 3.8) is 0 Å². The van der Waals surface area contributed by atoms with Crippen LogP contribution in [0.15, 0.2) is 42.5 Å². The third-order valence-electron chi connectivity index (χ3n) is 5.71. The van der Waals surface area contributed by atoms with Crippen molar-refractivity contribution in [1.82, 2.24) is 0 Å². The molecule has 0 saturated heterocycles. The van der Waals surface area contributed by atoms with Gasteiger partial charge in [-0.3, -0.25) is 9.59 Å². The van der Waals surface area contributed by atoms with Gasteiger partial charge in [0, 0.05) is 16.5 Å². The van der Waals surface area contributed by atoms with Gasteiger partial charge >= 0.3 is 5.97 Å². The van der Waals surface area contributed by atoms with Crippen LogP contribution in [0.5, 0.6) is 5.75 Å². The number of rotatable bonds is 3. The van der Waals surface area contributed by atoms with Crippen molar-refractivity contribution in [2.24, 2.45) is 0 Å². The van der Waals surface area contributed by atoms with E-state index in [1.807, 2.05) is 12.1 Å². The number of hydrogen-bond acceptors (Lipinski definition) is 5. The van der Waals surface area contributed by atoms with E-state index in [9.17, 15) is 14.4 Å². The lowest BCUT2D eigenvalue weighted by Gasteiger charge is -2.28. The molecule has 1 aliphatic heterocycles. The third kappa shape index (κ3) is 2.32. The minimum Gasteiger partial charge on any atom is -0.496 e. The van der Waals surface area contributed by atoms with E-state index in [1.165, 1.54) is 31.4 Å². The highest BCUT2D eigenvalue weighted by molar-refractivity contribution is 6.36. The summed E-state index contributed by atoms with van der Waals surface area (Å²) >= 11 is 0. The molecular formula is C23H17NO5. The molecule has 3 aromatic rings. The second-order valence-electron chi connectivity index (χ2n) is 7.12. The van der Waals surface area contributed by atoms with Gasteiger partial charge in [0.15, 0.2) is 0 Å². The fraction of sp³-hybridized carbons (Fsp3) is 0.174. The average Bonchev–Trinajstić information content (AvgIpc) is 3.17. The molecule has 5 rings (SSSR count). The molecule has 0 saturated carbocycles. The number of amides is 2. The Morgan fingerprint density at radius 2 is 1.48 bits per heavy atom. The molecule has 0 N–H and O–H groups in total. The van der Waals surface area contributed by atoms with Crippen molar-refractivity contribution in [1.29, 1.82) is 0 Å². The van der Waals surface area contributed by atoms with Gasteiger partial charge in [0.25, 0.3) is 11.8 Å². The monoisotopic (exact) mass is 387 g/mol. The van der Waals surface area contributed by atoms with Crippen LogP contribution in [0.2, 0.25) is 0 Å². The number of anilines is 1. The summed E-state index contributed by atoms with van der Waals surface area (Å²) in [5.74, 6) is -1.11. The van der Waals surface area contributed by atoms with Gasteiger partial charge in [-0.25, -0.2) is 9.69 Å². The minimum atomic E-state index is -0.608. The maximum atomic E-state index is 13.3. The lowest BCUT2D eigenvalue weighted by Crippen LogP contribution is -2.40. The van der Waals surface area contributed by atoms with E-state index in [-0.39, 0.29) is 5.56 Å². The molecule has 3 aromatic carbocycles. The normalized spacial score (nSPS) is 14.5. The van der Waals surface area contributed by atoms with Crippen molar-refractivity contribution in [2.45, 2.75) is 12.8 Å². The molecule has 0 fully saturated rings. The lowest BCUT2D eigenvalue weighted by molar-refractivity contribution is 0.0596. The summed E-state index contributed by atoms with van der Waals surface area (Å²) in [7, 11) is 2.70. The molecule has 29 heavy (non-hydrogen) atoms. The zero-order chi connectivity index (χ0) is 20.3. The summed E-state index contributed by atoms with van der Waals surface area (Å²) in [6.45, 7) is 0. The number of nitrogens with zero attached hydrogens (tertiary/aromatic N) is 1. The summed E-state index contributed by atoms with van der Waals surface area (Å²) in [4.78, 5) is 39.9. The first kappa shape index (κ1) is 17.4. The van der Waals surface area contributed by atoms with Crippen LogP contribution in [0.25, 0.3) is 10.8 Å². The molecule has 1 heterocycles. The largest absolute Gasteiger partial charge is 0.496 e. The van der Waals surface area contributed by atoms with E-state index in [0.29, 0.717) is 22.6 Å². The number of esters is 1. The van der Waals surface area contributed by atoms with Gasteiger partial charge in [-0.1, -0.05) is 12.1 Å².